The molecule has 0 radical (unpaired) electrons. The van der Waals surface area contributed by atoms with Crippen molar-refractivity contribution in [3.8, 4) is 10.6 Å². The third-order valence-electron chi connectivity index (χ3n) is 4.07. The van der Waals surface area contributed by atoms with Gasteiger partial charge in [0.05, 0.1) is 10.2 Å². The Bertz CT molecular complexity index is 953. The molecule has 0 aliphatic carbocycles. The number of urea groups is 1. The number of halogens is 2. The molecule has 2 aromatic heterocycles. The molecule has 1 saturated heterocycles. The largest absolute Gasteiger partial charge is 0.324 e. The second kappa shape index (κ2) is 6.36. The molecule has 0 bridgehead atoms. The number of thiazole rings is 1. The van der Waals surface area contributed by atoms with E-state index in [4.69, 9.17) is 0 Å². The van der Waals surface area contributed by atoms with E-state index in [0.717, 1.165) is 42.8 Å². The molecule has 8 heteroatoms. The summed E-state index contributed by atoms with van der Waals surface area (Å²) in [6, 6.07) is 5.20. The number of amides is 2. The van der Waals surface area contributed by atoms with Gasteiger partial charge in [-0.15, -0.1) is 11.3 Å². The van der Waals surface area contributed by atoms with E-state index in [2.05, 4.69) is 15.3 Å². The number of carbonyl (C=O) groups excluding carboxylic acids is 1. The number of hydrogen-bond acceptors (Lipinski definition) is 4. The van der Waals surface area contributed by atoms with Crippen molar-refractivity contribution in [2.24, 2.45) is 0 Å². The maximum absolute atomic E-state index is 13.4. The Kier molecular flexibility index (Phi) is 4.04. The zero-order chi connectivity index (χ0) is 17.4. The molecular formula is C17H14F2N4OS. The third kappa shape index (κ3) is 3.17. The van der Waals surface area contributed by atoms with Crippen molar-refractivity contribution in [3.63, 3.8) is 0 Å². The number of benzene rings is 1. The van der Waals surface area contributed by atoms with E-state index < -0.39 is 11.6 Å². The Balaban J connectivity index is 1.60. The number of rotatable bonds is 2. The van der Waals surface area contributed by atoms with Crippen LogP contribution in [0.3, 0.4) is 0 Å². The van der Waals surface area contributed by atoms with Gasteiger partial charge in [0.2, 0.25) is 0 Å². The molecule has 1 fully saturated rings. The SMILES string of the molecule is O=C(Nc1cc2nc(-c3ccc(F)c(F)c3)sc2cn1)N1CCCC1. The summed E-state index contributed by atoms with van der Waals surface area (Å²) in [6.45, 7) is 1.51. The molecule has 3 aromatic rings. The van der Waals surface area contributed by atoms with Gasteiger partial charge in [-0.05, 0) is 31.0 Å². The van der Waals surface area contributed by atoms with Gasteiger partial charge in [-0.3, -0.25) is 5.32 Å². The number of carbonyl (C=O) groups is 1. The molecule has 1 aliphatic rings. The number of nitrogens with zero attached hydrogens (tertiary/aromatic N) is 3. The van der Waals surface area contributed by atoms with E-state index in [9.17, 15) is 13.6 Å². The molecule has 2 amide bonds. The van der Waals surface area contributed by atoms with Gasteiger partial charge in [-0.2, -0.15) is 0 Å². The molecule has 4 rings (SSSR count). The predicted molar refractivity (Wildman–Crippen MR) is 92.6 cm³/mol. The van der Waals surface area contributed by atoms with Crippen LogP contribution in [-0.2, 0) is 0 Å². The fourth-order valence-electron chi connectivity index (χ4n) is 2.76. The van der Waals surface area contributed by atoms with Gasteiger partial charge >= 0.3 is 6.03 Å². The van der Waals surface area contributed by atoms with Crippen LogP contribution in [0.25, 0.3) is 20.8 Å². The summed E-state index contributed by atoms with van der Waals surface area (Å²) < 4.78 is 27.3. The second-order valence-corrected chi connectivity index (χ2v) is 6.84. The number of hydrogen-bond donors (Lipinski definition) is 1. The highest BCUT2D eigenvalue weighted by Crippen LogP contribution is 2.31. The van der Waals surface area contributed by atoms with Gasteiger partial charge in [0.25, 0.3) is 0 Å². The van der Waals surface area contributed by atoms with Crippen LogP contribution in [0.4, 0.5) is 19.4 Å². The number of anilines is 1. The van der Waals surface area contributed by atoms with Crippen molar-refractivity contribution in [2.75, 3.05) is 18.4 Å². The highest BCUT2D eigenvalue weighted by Gasteiger charge is 2.18. The van der Waals surface area contributed by atoms with E-state index >= 15 is 0 Å². The van der Waals surface area contributed by atoms with E-state index in [1.165, 1.54) is 17.4 Å². The maximum Gasteiger partial charge on any atom is 0.323 e. The average Bonchev–Trinajstić information content (AvgIpc) is 3.26. The third-order valence-corrected chi connectivity index (χ3v) is 5.13. The van der Waals surface area contributed by atoms with Gasteiger partial charge in [-0.25, -0.2) is 23.5 Å². The van der Waals surface area contributed by atoms with Gasteiger partial charge in [0, 0.05) is 30.9 Å². The number of pyridine rings is 1. The molecule has 1 N–H and O–H groups in total. The summed E-state index contributed by atoms with van der Waals surface area (Å²) >= 11 is 1.33. The van der Waals surface area contributed by atoms with Crippen molar-refractivity contribution < 1.29 is 13.6 Å². The standard InChI is InChI=1S/C17H14F2N4OS/c18-11-4-3-10(7-12(11)19)16-21-13-8-15(20-9-14(13)25-16)22-17(24)23-5-1-2-6-23/h3-4,7-9H,1-2,5-6H2,(H,20,22,24). The molecule has 1 aromatic carbocycles. The topological polar surface area (TPSA) is 58.1 Å². The Labute approximate surface area is 146 Å². The fourth-order valence-corrected chi connectivity index (χ4v) is 3.68. The highest BCUT2D eigenvalue weighted by atomic mass is 32.1. The van der Waals surface area contributed by atoms with E-state index in [0.29, 0.717) is 21.9 Å². The Morgan fingerprint density at radius 3 is 2.72 bits per heavy atom. The van der Waals surface area contributed by atoms with Crippen LogP contribution in [0.15, 0.2) is 30.5 Å². The minimum absolute atomic E-state index is 0.166. The Morgan fingerprint density at radius 2 is 1.96 bits per heavy atom. The smallest absolute Gasteiger partial charge is 0.323 e. The summed E-state index contributed by atoms with van der Waals surface area (Å²) in [5.74, 6) is -1.38. The first-order chi connectivity index (χ1) is 12.1. The lowest BCUT2D eigenvalue weighted by Gasteiger charge is -2.15. The maximum atomic E-state index is 13.4. The summed E-state index contributed by atoms with van der Waals surface area (Å²) in [6.07, 6.45) is 3.66. The van der Waals surface area contributed by atoms with Crippen molar-refractivity contribution in [3.05, 3.63) is 42.1 Å². The molecule has 128 valence electrons. The van der Waals surface area contributed by atoms with Crippen molar-refractivity contribution in [1.29, 1.82) is 0 Å². The molecule has 5 nitrogen and oxygen atoms in total. The minimum Gasteiger partial charge on any atom is -0.324 e. The van der Waals surface area contributed by atoms with Crippen molar-refractivity contribution in [2.45, 2.75) is 12.8 Å². The fraction of sp³-hybridized carbons (Fsp3) is 0.235. The summed E-state index contributed by atoms with van der Waals surface area (Å²) in [5, 5.41) is 3.34. The van der Waals surface area contributed by atoms with Crippen molar-refractivity contribution in [1.82, 2.24) is 14.9 Å². The first-order valence-corrected chi connectivity index (χ1v) is 8.70. The van der Waals surface area contributed by atoms with Crippen LogP contribution in [0.5, 0.6) is 0 Å². The minimum atomic E-state index is -0.909. The average molecular weight is 360 g/mol. The lowest BCUT2D eigenvalue weighted by Crippen LogP contribution is -2.32. The molecular weight excluding hydrogens is 346 g/mol. The Hall–Kier alpha value is -2.61. The zero-order valence-corrected chi connectivity index (χ0v) is 13.9. The lowest BCUT2D eigenvalue weighted by atomic mass is 10.2. The molecule has 1 aliphatic heterocycles. The summed E-state index contributed by atoms with van der Waals surface area (Å²) in [7, 11) is 0. The van der Waals surface area contributed by atoms with Gasteiger partial charge in [0.15, 0.2) is 11.6 Å². The Morgan fingerprint density at radius 1 is 1.16 bits per heavy atom. The van der Waals surface area contributed by atoms with Crippen molar-refractivity contribution >= 4 is 33.4 Å². The van der Waals surface area contributed by atoms with Crippen LogP contribution >= 0.6 is 11.3 Å². The zero-order valence-electron chi connectivity index (χ0n) is 13.1. The van der Waals surface area contributed by atoms with E-state index in [1.54, 1.807) is 17.2 Å². The first kappa shape index (κ1) is 15.9. The molecule has 25 heavy (non-hydrogen) atoms. The lowest BCUT2D eigenvalue weighted by molar-refractivity contribution is 0.222. The normalized spacial score (nSPS) is 14.2. The molecule has 0 unspecified atom stereocenters. The summed E-state index contributed by atoms with van der Waals surface area (Å²) in [5.41, 5.74) is 1.15. The van der Waals surface area contributed by atoms with Crippen LogP contribution in [-0.4, -0.2) is 34.0 Å². The highest BCUT2D eigenvalue weighted by molar-refractivity contribution is 7.21. The number of nitrogens with one attached hydrogen (secondary N) is 1. The van der Waals surface area contributed by atoms with Gasteiger partial charge < -0.3 is 4.90 Å². The number of fused-ring (bicyclic) bond motifs is 1. The van der Waals surface area contributed by atoms with Crippen LogP contribution in [0.1, 0.15) is 12.8 Å². The molecule has 0 saturated carbocycles. The van der Waals surface area contributed by atoms with Crippen LogP contribution in [0, 0.1) is 11.6 Å². The summed E-state index contributed by atoms with van der Waals surface area (Å²) in [4.78, 5) is 22.6. The van der Waals surface area contributed by atoms with Crippen LogP contribution < -0.4 is 5.32 Å². The second-order valence-electron chi connectivity index (χ2n) is 5.81. The molecule has 3 heterocycles. The van der Waals surface area contributed by atoms with E-state index in [1.807, 2.05) is 0 Å². The van der Waals surface area contributed by atoms with Gasteiger partial charge in [-0.1, -0.05) is 0 Å². The molecule has 0 atom stereocenters. The van der Waals surface area contributed by atoms with E-state index in [-0.39, 0.29) is 6.03 Å². The van der Waals surface area contributed by atoms with Crippen LogP contribution in [0.2, 0.25) is 0 Å². The monoisotopic (exact) mass is 360 g/mol. The first-order valence-electron chi connectivity index (χ1n) is 7.88. The van der Waals surface area contributed by atoms with Gasteiger partial charge in [0.1, 0.15) is 10.8 Å². The number of aromatic nitrogens is 2. The molecule has 0 spiro atoms. The predicted octanol–water partition coefficient (Wildman–Crippen LogP) is 4.26. The number of likely N-dealkylation sites (tertiary alicyclic amines) is 1. The quantitative estimate of drug-likeness (QED) is 0.743.